The number of para-hydroxylation sites is 1. The highest BCUT2D eigenvalue weighted by molar-refractivity contribution is 5.95. The Kier molecular flexibility index (Phi) is 2.64. The van der Waals surface area contributed by atoms with E-state index in [-0.39, 0.29) is 0 Å². The zero-order valence-corrected chi connectivity index (χ0v) is 11.7. The van der Waals surface area contributed by atoms with Crippen LogP contribution in [-0.4, -0.2) is 14.8 Å². The van der Waals surface area contributed by atoms with Gasteiger partial charge in [0, 0.05) is 35.3 Å². The number of aromatic nitrogens is 3. The van der Waals surface area contributed by atoms with Crippen molar-refractivity contribution in [3.05, 3.63) is 66.9 Å². The summed E-state index contributed by atoms with van der Waals surface area (Å²) in [6.07, 6.45) is 2.15. The molecule has 4 aromatic rings. The molecular formula is C18H15N3. The minimum Gasteiger partial charge on any atom is -0.350 e. The van der Waals surface area contributed by atoms with Crippen molar-refractivity contribution in [1.29, 1.82) is 0 Å². The molecule has 102 valence electrons. The summed E-state index contributed by atoms with van der Waals surface area (Å²) in [6.45, 7) is 0. The van der Waals surface area contributed by atoms with E-state index in [9.17, 15) is 0 Å². The van der Waals surface area contributed by atoms with Crippen LogP contribution in [0.5, 0.6) is 0 Å². The summed E-state index contributed by atoms with van der Waals surface area (Å²) in [7, 11) is 2.07. The third kappa shape index (κ3) is 1.94. The number of hydrogen-bond donors (Lipinski definition) is 1. The topological polar surface area (TPSA) is 33.6 Å². The first kappa shape index (κ1) is 12.0. The van der Waals surface area contributed by atoms with Gasteiger partial charge in [-0.15, -0.1) is 0 Å². The molecule has 4 rings (SSSR count). The lowest BCUT2D eigenvalue weighted by atomic mass is 10.1. The second kappa shape index (κ2) is 4.63. The summed E-state index contributed by atoms with van der Waals surface area (Å²) in [5, 5.41) is 8.85. The van der Waals surface area contributed by atoms with Crippen molar-refractivity contribution in [2.75, 3.05) is 0 Å². The van der Waals surface area contributed by atoms with Crippen LogP contribution in [0.4, 0.5) is 0 Å². The number of hydrogen-bond acceptors (Lipinski definition) is 1. The second-order valence-electron chi connectivity index (χ2n) is 5.20. The minimum absolute atomic E-state index is 0.971. The lowest BCUT2D eigenvalue weighted by Gasteiger charge is -1.94. The van der Waals surface area contributed by atoms with Crippen LogP contribution >= 0.6 is 0 Å². The highest BCUT2D eigenvalue weighted by atomic mass is 15.1. The van der Waals surface area contributed by atoms with Crippen molar-refractivity contribution in [2.24, 2.45) is 7.05 Å². The number of aryl methyl sites for hydroxylation is 1. The highest BCUT2D eigenvalue weighted by Crippen LogP contribution is 2.30. The summed E-state index contributed by atoms with van der Waals surface area (Å²) < 4.78 is 2.15. The number of nitrogens with one attached hydrogen (secondary N) is 1. The largest absolute Gasteiger partial charge is 0.350 e. The average Bonchev–Trinajstić information content (AvgIpc) is 3.14. The monoisotopic (exact) mass is 273 g/mol. The Bertz CT molecular complexity index is 901. The Morgan fingerprint density at radius 1 is 0.952 bits per heavy atom. The molecule has 3 nitrogen and oxygen atoms in total. The maximum atomic E-state index is 4.44. The van der Waals surface area contributed by atoms with E-state index in [0.717, 1.165) is 17.0 Å². The van der Waals surface area contributed by atoms with Gasteiger partial charge >= 0.3 is 0 Å². The fourth-order valence-corrected chi connectivity index (χ4v) is 2.77. The summed E-state index contributed by atoms with van der Waals surface area (Å²) in [6, 6.07) is 20.7. The van der Waals surface area contributed by atoms with Crippen molar-refractivity contribution < 1.29 is 0 Å². The SMILES string of the molecule is Cn1cc(-c2cc(-c3ccccc3)n[nH]2)c2ccccc21. The lowest BCUT2D eigenvalue weighted by molar-refractivity contribution is 0.969. The Balaban J connectivity index is 1.85. The van der Waals surface area contributed by atoms with Crippen LogP contribution in [-0.2, 0) is 7.05 Å². The predicted octanol–water partition coefficient (Wildman–Crippen LogP) is 4.24. The molecule has 0 unspecified atom stereocenters. The first-order chi connectivity index (χ1) is 10.3. The maximum Gasteiger partial charge on any atom is 0.0927 e. The van der Waals surface area contributed by atoms with Crippen molar-refractivity contribution in [1.82, 2.24) is 14.8 Å². The number of H-pyrrole nitrogens is 1. The summed E-state index contributed by atoms with van der Waals surface area (Å²) >= 11 is 0. The molecule has 0 amide bonds. The van der Waals surface area contributed by atoms with Crippen molar-refractivity contribution in [2.45, 2.75) is 0 Å². The van der Waals surface area contributed by atoms with Crippen LogP contribution in [0.3, 0.4) is 0 Å². The van der Waals surface area contributed by atoms with Crippen LogP contribution in [0.15, 0.2) is 66.9 Å². The molecule has 0 aliphatic rings. The van der Waals surface area contributed by atoms with Crippen LogP contribution in [0.2, 0.25) is 0 Å². The van der Waals surface area contributed by atoms with Gasteiger partial charge in [0.05, 0.1) is 11.4 Å². The van der Waals surface area contributed by atoms with E-state index in [1.807, 2.05) is 18.2 Å². The molecule has 0 fully saturated rings. The van der Waals surface area contributed by atoms with Crippen molar-refractivity contribution in [3.8, 4) is 22.5 Å². The van der Waals surface area contributed by atoms with Gasteiger partial charge in [-0.05, 0) is 12.1 Å². The van der Waals surface area contributed by atoms with E-state index in [0.29, 0.717) is 0 Å². The molecule has 2 heterocycles. The molecule has 0 bridgehead atoms. The van der Waals surface area contributed by atoms with E-state index < -0.39 is 0 Å². The van der Waals surface area contributed by atoms with Crippen LogP contribution in [0, 0.1) is 0 Å². The third-order valence-electron chi connectivity index (χ3n) is 3.83. The summed E-state index contributed by atoms with van der Waals surface area (Å²) in [5.41, 5.74) is 5.55. The number of benzene rings is 2. The fraction of sp³-hybridized carbons (Fsp3) is 0.0556. The van der Waals surface area contributed by atoms with Gasteiger partial charge in [0.2, 0.25) is 0 Å². The van der Waals surface area contributed by atoms with Gasteiger partial charge in [0.15, 0.2) is 0 Å². The van der Waals surface area contributed by atoms with Gasteiger partial charge in [0.25, 0.3) is 0 Å². The Hall–Kier alpha value is -2.81. The molecule has 3 heteroatoms. The molecule has 21 heavy (non-hydrogen) atoms. The predicted molar refractivity (Wildman–Crippen MR) is 85.9 cm³/mol. The fourth-order valence-electron chi connectivity index (χ4n) is 2.77. The number of rotatable bonds is 2. The number of aromatic amines is 1. The molecule has 0 atom stereocenters. The Morgan fingerprint density at radius 2 is 1.71 bits per heavy atom. The molecule has 0 saturated carbocycles. The van der Waals surface area contributed by atoms with Crippen molar-refractivity contribution in [3.63, 3.8) is 0 Å². The second-order valence-corrected chi connectivity index (χ2v) is 5.20. The molecular weight excluding hydrogens is 258 g/mol. The third-order valence-corrected chi connectivity index (χ3v) is 3.83. The van der Waals surface area contributed by atoms with Gasteiger partial charge in [-0.25, -0.2) is 0 Å². The minimum atomic E-state index is 0.971. The molecule has 1 N–H and O–H groups in total. The van der Waals surface area contributed by atoms with E-state index in [2.05, 4.69) is 70.5 Å². The summed E-state index contributed by atoms with van der Waals surface area (Å²) in [4.78, 5) is 0. The lowest BCUT2D eigenvalue weighted by Crippen LogP contribution is -1.81. The molecule has 0 aliphatic carbocycles. The average molecular weight is 273 g/mol. The van der Waals surface area contributed by atoms with Crippen LogP contribution in [0.25, 0.3) is 33.4 Å². The van der Waals surface area contributed by atoms with E-state index in [1.165, 1.54) is 16.5 Å². The molecule has 0 radical (unpaired) electrons. The van der Waals surface area contributed by atoms with Gasteiger partial charge in [-0.3, -0.25) is 5.10 Å². The van der Waals surface area contributed by atoms with Crippen molar-refractivity contribution >= 4 is 10.9 Å². The summed E-state index contributed by atoms with van der Waals surface area (Å²) in [5.74, 6) is 0. The Morgan fingerprint density at radius 3 is 2.57 bits per heavy atom. The zero-order valence-electron chi connectivity index (χ0n) is 11.7. The molecule has 0 spiro atoms. The molecule has 2 aromatic carbocycles. The van der Waals surface area contributed by atoms with E-state index in [4.69, 9.17) is 0 Å². The first-order valence-electron chi connectivity index (χ1n) is 6.98. The Labute approximate surface area is 122 Å². The van der Waals surface area contributed by atoms with Gasteiger partial charge in [-0.1, -0.05) is 48.5 Å². The standard InChI is InChI=1S/C18H15N3/c1-21-12-15(14-9-5-6-10-18(14)21)17-11-16(19-20-17)13-7-3-2-4-8-13/h2-12H,1H3,(H,19,20). The van der Waals surface area contributed by atoms with Crippen LogP contribution in [0.1, 0.15) is 0 Å². The molecule has 0 aliphatic heterocycles. The number of fused-ring (bicyclic) bond motifs is 1. The molecule has 2 aromatic heterocycles. The highest BCUT2D eigenvalue weighted by Gasteiger charge is 2.11. The first-order valence-corrected chi connectivity index (χ1v) is 6.98. The van der Waals surface area contributed by atoms with Crippen LogP contribution < -0.4 is 0 Å². The number of nitrogens with zero attached hydrogens (tertiary/aromatic N) is 2. The van der Waals surface area contributed by atoms with E-state index in [1.54, 1.807) is 0 Å². The van der Waals surface area contributed by atoms with Gasteiger partial charge in [0.1, 0.15) is 0 Å². The smallest absolute Gasteiger partial charge is 0.0927 e. The maximum absolute atomic E-state index is 4.44. The zero-order chi connectivity index (χ0) is 14.2. The van der Waals surface area contributed by atoms with E-state index >= 15 is 0 Å². The molecule has 0 saturated heterocycles. The van der Waals surface area contributed by atoms with Gasteiger partial charge in [-0.2, -0.15) is 5.10 Å². The normalized spacial score (nSPS) is 11.1. The quantitative estimate of drug-likeness (QED) is 0.582. The van der Waals surface area contributed by atoms with Gasteiger partial charge < -0.3 is 4.57 Å².